The van der Waals surface area contributed by atoms with E-state index in [4.69, 9.17) is 11.6 Å². The lowest BCUT2D eigenvalue weighted by atomic mass is 9.90. The molecule has 1 aromatic carbocycles. The minimum atomic E-state index is -3.87. The second-order valence-electron chi connectivity index (χ2n) is 6.17. The molecule has 2 unspecified atom stereocenters. The van der Waals surface area contributed by atoms with Crippen LogP contribution in [0.25, 0.3) is 0 Å². The smallest absolute Gasteiger partial charge is 0.311 e. The summed E-state index contributed by atoms with van der Waals surface area (Å²) in [6.45, 7) is 3.36. The van der Waals surface area contributed by atoms with E-state index in [1.165, 1.54) is 36.1 Å². The molecule has 2 atom stereocenters. The molecule has 2 rings (SSSR count). The molecule has 1 saturated heterocycles. The summed E-state index contributed by atoms with van der Waals surface area (Å²) in [5, 5.41) is 9.61. The second kappa shape index (κ2) is 6.70. The number of amides is 1. The molecule has 0 radical (unpaired) electrons. The molecular formula is C15H19ClN2O5S. The molecular weight excluding hydrogens is 356 g/mol. The summed E-state index contributed by atoms with van der Waals surface area (Å²) >= 11 is 5.73. The van der Waals surface area contributed by atoms with E-state index < -0.39 is 33.4 Å². The molecule has 1 aliphatic rings. The lowest BCUT2D eigenvalue weighted by Crippen LogP contribution is -2.47. The third-order valence-corrected chi connectivity index (χ3v) is 5.94. The van der Waals surface area contributed by atoms with Gasteiger partial charge in [-0.2, -0.15) is 4.72 Å². The van der Waals surface area contributed by atoms with Crippen molar-refractivity contribution in [3.8, 4) is 0 Å². The number of rotatable bonds is 5. The minimum absolute atomic E-state index is 0.00310. The second-order valence-corrected chi connectivity index (χ2v) is 8.32. The Morgan fingerprint density at radius 2 is 1.92 bits per heavy atom. The molecule has 1 aromatic rings. The predicted molar refractivity (Wildman–Crippen MR) is 88.2 cm³/mol. The highest BCUT2D eigenvalue weighted by atomic mass is 35.5. The van der Waals surface area contributed by atoms with Crippen LogP contribution in [0.4, 0.5) is 0 Å². The van der Waals surface area contributed by atoms with Crippen LogP contribution in [0.1, 0.15) is 20.3 Å². The fraction of sp³-hybridized carbons (Fsp3) is 0.467. The first-order valence-corrected chi connectivity index (χ1v) is 9.21. The number of carbonyl (C=O) groups is 2. The van der Waals surface area contributed by atoms with Gasteiger partial charge in [0.05, 0.1) is 16.4 Å². The van der Waals surface area contributed by atoms with Gasteiger partial charge in [0, 0.05) is 18.1 Å². The molecule has 24 heavy (non-hydrogen) atoms. The lowest BCUT2D eigenvalue weighted by Gasteiger charge is -2.23. The zero-order valence-corrected chi connectivity index (χ0v) is 14.9. The van der Waals surface area contributed by atoms with Crippen molar-refractivity contribution >= 4 is 33.5 Å². The van der Waals surface area contributed by atoms with Crippen LogP contribution in [0.5, 0.6) is 0 Å². The van der Waals surface area contributed by atoms with Crippen LogP contribution in [0.2, 0.25) is 5.02 Å². The average molecular weight is 375 g/mol. The number of benzene rings is 1. The van der Waals surface area contributed by atoms with Crippen molar-refractivity contribution in [1.29, 1.82) is 0 Å². The molecule has 0 spiro atoms. The highest BCUT2D eigenvalue weighted by Gasteiger charge is 2.43. The van der Waals surface area contributed by atoms with Gasteiger partial charge in [-0.3, -0.25) is 9.59 Å². The van der Waals surface area contributed by atoms with E-state index in [1.807, 2.05) is 0 Å². The van der Waals surface area contributed by atoms with Gasteiger partial charge in [-0.25, -0.2) is 8.42 Å². The van der Waals surface area contributed by atoms with Crippen LogP contribution in [-0.4, -0.2) is 49.4 Å². The molecule has 0 bridgehead atoms. The normalized spacial score (nSPS) is 22.4. The standard InChI is InChI=1S/C15H19ClN2O5S/c1-10(13(19)18-8-7-15(2,9-18)14(20)21)17-24(22,23)12-5-3-11(16)4-6-12/h3-6,10,17H,7-9H2,1-2H3,(H,20,21). The maximum absolute atomic E-state index is 12.4. The van der Waals surface area contributed by atoms with E-state index in [0.29, 0.717) is 11.4 Å². The van der Waals surface area contributed by atoms with Gasteiger partial charge < -0.3 is 10.0 Å². The lowest BCUT2D eigenvalue weighted by molar-refractivity contribution is -0.147. The number of carboxylic acids is 1. The molecule has 0 aliphatic carbocycles. The van der Waals surface area contributed by atoms with Crippen molar-refractivity contribution in [1.82, 2.24) is 9.62 Å². The number of likely N-dealkylation sites (tertiary alicyclic amines) is 1. The van der Waals surface area contributed by atoms with Crippen molar-refractivity contribution < 1.29 is 23.1 Å². The van der Waals surface area contributed by atoms with E-state index in [1.54, 1.807) is 6.92 Å². The Kier molecular flexibility index (Phi) is 5.22. The molecule has 1 fully saturated rings. The van der Waals surface area contributed by atoms with Gasteiger partial charge in [0.25, 0.3) is 0 Å². The van der Waals surface area contributed by atoms with E-state index in [0.717, 1.165) is 0 Å². The summed E-state index contributed by atoms with van der Waals surface area (Å²) in [6, 6.07) is 4.59. The Balaban J connectivity index is 2.07. The van der Waals surface area contributed by atoms with E-state index in [2.05, 4.69) is 4.72 Å². The number of nitrogens with zero attached hydrogens (tertiary/aromatic N) is 1. The number of aliphatic carboxylic acids is 1. The van der Waals surface area contributed by atoms with Crippen molar-refractivity contribution in [3.63, 3.8) is 0 Å². The number of nitrogens with one attached hydrogen (secondary N) is 1. The summed E-state index contributed by atoms with van der Waals surface area (Å²) in [4.78, 5) is 25.0. The van der Waals surface area contributed by atoms with Crippen molar-refractivity contribution in [2.45, 2.75) is 31.2 Å². The first kappa shape index (κ1) is 18.7. The van der Waals surface area contributed by atoms with Gasteiger partial charge in [0.1, 0.15) is 0 Å². The molecule has 2 N–H and O–H groups in total. The molecule has 7 nitrogen and oxygen atoms in total. The summed E-state index contributed by atoms with van der Waals surface area (Å²) < 4.78 is 26.9. The van der Waals surface area contributed by atoms with Gasteiger partial charge in [-0.15, -0.1) is 0 Å². The van der Waals surface area contributed by atoms with Gasteiger partial charge in [0.2, 0.25) is 15.9 Å². The van der Waals surface area contributed by atoms with Crippen molar-refractivity contribution in [3.05, 3.63) is 29.3 Å². The Morgan fingerprint density at radius 1 is 1.33 bits per heavy atom. The summed E-state index contributed by atoms with van der Waals surface area (Å²) in [5.74, 6) is -1.41. The fourth-order valence-electron chi connectivity index (χ4n) is 2.56. The molecule has 0 aromatic heterocycles. The number of sulfonamides is 1. The molecule has 132 valence electrons. The molecule has 1 amide bonds. The maximum Gasteiger partial charge on any atom is 0.311 e. The van der Waals surface area contributed by atoms with Crippen LogP contribution >= 0.6 is 11.6 Å². The van der Waals surface area contributed by atoms with Crippen LogP contribution in [0.15, 0.2) is 29.2 Å². The average Bonchev–Trinajstić information content (AvgIpc) is 2.90. The zero-order valence-electron chi connectivity index (χ0n) is 13.3. The van der Waals surface area contributed by atoms with E-state index >= 15 is 0 Å². The first-order chi connectivity index (χ1) is 11.0. The van der Waals surface area contributed by atoms with Crippen molar-refractivity contribution in [2.75, 3.05) is 13.1 Å². The SMILES string of the molecule is CC(NS(=O)(=O)c1ccc(Cl)cc1)C(=O)N1CCC(C)(C(=O)O)C1. The molecule has 1 heterocycles. The molecule has 0 saturated carbocycles. The Labute approximate surface area is 145 Å². The Hall–Kier alpha value is -1.64. The van der Waals surface area contributed by atoms with E-state index in [-0.39, 0.29) is 18.0 Å². The van der Waals surface area contributed by atoms with Crippen molar-refractivity contribution in [2.24, 2.45) is 5.41 Å². The third-order valence-electron chi connectivity index (χ3n) is 4.13. The largest absolute Gasteiger partial charge is 0.481 e. The zero-order chi connectivity index (χ0) is 18.1. The number of hydrogen-bond acceptors (Lipinski definition) is 4. The van der Waals surface area contributed by atoms with Crippen LogP contribution < -0.4 is 4.72 Å². The van der Waals surface area contributed by atoms with Crippen LogP contribution in [0, 0.1) is 5.41 Å². The topological polar surface area (TPSA) is 104 Å². The number of hydrogen-bond donors (Lipinski definition) is 2. The number of carbonyl (C=O) groups excluding carboxylic acids is 1. The van der Waals surface area contributed by atoms with Crippen LogP contribution in [-0.2, 0) is 19.6 Å². The monoisotopic (exact) mass is 374 g/mol. The molecule has 9 heteroatoms. The quantitative estimate of drug-likeness (QED) is 0.809. The predicted octanol–water partition coefficient (Wildman–Crippen LogP) is 1.33. The minimum Gasteiger partial charge on any atom is -0.481 e. The Morgan fingerprint density at radius 3 is 2.42 bits per heavy atom. The highest BCUT2D eigenvalue weighted by molar-refractivity contribution is 7.89. The summed E-state index contributed by atoms with van der Waals surface area (Å²) in [5.41, 5.74) is -0.996. The first-order valence-electron chi connectivity index (χ1n) is 7.35. The maximum atomic E-state index is 12.4. The van der Waals surface area contributed by atoms with Gasteiger partial charge >= 0.3 is 5.97 Å². The summed E-state index contributed by atoms with van der Waals surface area (Å²) in [6.07, 6.45) is 0.338. The number of halogens is 1. The van der Waals surface area contributed by atoms with Gasteiger partial charge in [-0.1, -0.05) is 11.6 Å². The fourth-order valence-corrected chi connectivity index (χ4v) is 3.89. The Bertz CT molecular complexity index is 750. The summed E-state index contributed by atoms with van der Waals surface area (Å²) in [7, 11) is -3.87. The van der Waals surface area contributed by atoms with Gasteiger partial charge in [0.15, 0.2) is 0 Å². The van der Waals surface area contributed by atoms with Gasteiger partial charge in [-0.05, 0) is 44.5 Å². The van der Waals surface area contributed by atoms with Crippen LogP contribution in [0.3, 0.4) is 0 Å². The number of carboxylic acid groups (broad SMARTS) is 1. The third kappa shape index (κ3) is 3.88. The molecule has 1 aliphatic heterocycles. The highest BCUT2D eigenvalue weighted by Crippen LogP contribution is 2.30. The van der Waals surface area contributed by atoms with E-state index in [9.17, 15) is 23.1 Å².